The van der Waals surface area contributed by atoms with Crippen molar-refractivity contribution in [1.82, 2.24) is 0 Å². The average molecular weight is 252 g/mol. The summed E-state index contributed by atoms with van der Waals surface area (Å²) in [6, 6.07) is 3.43. The van der Waals surface area contributed by atoms with Crippen LogP contribution in [0.1, 0.15) is 25.0 Å². The predicted octanol–water partition coefficient (Wildman–Crippen LogP) is 2.71. The Bertz CT molecular complexity index is 426. The Kier molecular flexibility index (Phi) is 5.04. The van der Waals surface area contributed by atoms with E-state index in [1.54, 1.807) is 33.5 Å². The molecular formula is C14H20O4. The van der Waals surface area contributed by atoms with E-state index < -0.39 is 6.10 Å². The van der Waals surface area contributed by atoms with Gasteiger partial charge in [0, 0.05) is 11.6 Å². The van der Waals surface area contributed by atoms with Crippen LogP contribution in [0.5, 0.6) is 17.2 Å². The molecule has 0 aromatic heterocycles. The molecule has 4 nitrogen and oxygen atoms in total. The first-order valence-electron chi connectivity index (χ1n) is 5.65. The second-order valence-electron chi connectivity index (χ2n) is 4.13. The van der Waals surface area contributed by atoms with Crippen LogP contribution in [0, 0.1) is 0 Å². The molecular weight excluding hydrogens is 232 g/mol. The first-order valence-corrected chi connectivity index (χ1v) is 5.65. The van der Waals surface area contributed by atoms with E-state index in [1.807, 2.05) is 6.92 Å². The third-order valence-corrected chi connectivity index (χ3v) is 2.64. The van der Waals surface area contributed by atoms with Crippen LogP contribution in [0.3, 0.4) is 0 Å². The SMILES string of the molecule is C=C(C)CC(O)c1cc(OC)c(OC)cc1OC. The largest absolute Gasteiger partial charge is 0.496 e. The Morgan fingerprint density at radius 2 is 1.61 bits per heavy atom. The van der Waals surface area contributed by atoms with Crippen LogP contribution in [-0.2, 0) is 0 Å². The number of aliphatic hydroxyl groups excluding tert-OH is 1. The highest BCUT2D eigenvalue weighted by atomic mass is 16.5. The highest BCUT2D eigenvalue weighted by molar-refractivity contribution is 5.51. The van der Waals surface area contributed by atoms with Crippen molar-refractivity contribution in [2.24, 2.45) is 0 Å². The highest BCUT2D eigenvalue weighted by Crippen LogP contribution is 2.38. The standard InChI is InChI=1S/C14H20O4/c1-9(2)6-11(15)10-7-13(17-4)14(18-5)8-12(10)16-3/h7-8,11,15H,1,6H2,2-5H3. The molecule has 18 heavy (non-hydrogen) atoms. The average Bonchev–Trinajstić information content (AvgIpc) is 2.36. The lowest BCUT2D eigenvalue weighted by molar-refractivity contribution is 0.173. The molecule has 100 valence electrons. The van der Waals surface area contributed by atoms with Crippen molar-refractivity contribution in [3.63, 3.8) is 0 Å². The molecule has 1 N–H and O–H groups in total. The van der Waals surface area contributed by atoms with Gasteiger partial charge in [-0.2, -0.15) is 0 Å². The van der Waals surface area contributed by atoms with Crippen molar-refractivity contribution in [3.8, 4) is 17.2 Å². The molecule has 0 spiro atoms. The summed E-state index contributed by atoms with van der Waals surface area (Å²) in [6.45, 7) is 5.67. The van der Waals surface area contributed by atoms with Crippen LogP contribution in [0.25, 0.3) is 0 Å². The van der Waals surface area contributed by atoms with Gasteiger partial charge in [0.25, 0.3) is 0 Å². The van der Waals surface area contributed by atoms with Crippen LogP contribution in [0.2, 0.25) is 0 Å². The minimum absolute atomic E-state index is 0.478. The molecule has 0 heterocycles. The molecule has 0 aliphatic rings. The molecule has 1 aromatic carbocycles. The summed E-state index contributed by atoms with van der Waals surface area (Å²) < 4.78 is 15.7. The van der Waals surface area contributed by atoms with Gasteiger partial charge in [-0.1, -0.05) is 5.57 Å². The fourth-order valence-electron chi connectivity index (χ4n) is 1.75. The Morgan fingerprint density at radius 1 is 1.11 bits per heavy atom. The van der Waals surface area contributed by atoms with Crippen molar-refractivity contribution in [3.05, 3.63) is 29.8 Å². The van der Waals surface area contributed by atoms with E-state index in [4.69, 9.17) is 14.2 Å². The van der Waals surface area contributed by atoms with Crippen LogP contribution in [0.4, 0.5) is 0 Å². The van der Waals surface area contributed by atoms with E-state index in [2.05, 4.69) is 6.58 Å². The number of hydrogen-bond acceptors (Lipinski definition) is 4. The van der Waals surface area contributed by atoms with E-state index in [1.165, 1.54) is 0 Å². The number of benzene rings is 1. The minimum Gasteiger partial charge on any atom is -0.496 e. The van der Waals surface area contributed by atoms with Crippen LogP contribution >= 0.6 is 0 Å². The van der Waals surface area contributed by atoms with Gasteiger partial charge in [-0.3, -0.25) is 0 Å². The fourth-order valence-corrected chi connectivity index (χ4v) is 1.75. The van der Waals surface area contributed by atoms with Gasteiger partial charge in [-0.25, -0.2) is 0 Å². The van der Waals surface area contributed by atoms with Gasteiger partial charge in [-0.15, -0.1) is 6.58 Å². The number of rotatable bonds is 6. The second kappa shape index (κ2) is 6.31. The van der Waals surface area contributed by atoms with Crippen molar-refractivity contribution < 1.29 is 19.3 Å². The predicted molar refractivity (Wildman–Crippen MR) is 70.5 cm³/mol. The lowest BCUT2D eigenvalue weighted by Crippen LogP contribution is -2.03. The number of ether oxygens (including phenoxy) is 3. The highest BCUT2D eigenvalue weighted by Gasteiger charge is 2.18. The number of aliphatic hydroxyl groups is 1. The van der Waals surface area contributed by atoms with Gasteiger partial charge in [0.1, 0.15) is 5.75 Å². The molecule has 1 unspecified atom stereocenters. The topological polar surface area (TPSA) is 47.9 Å². The van der Waals surface area contributed by atoms with E-state index in [9.17, 15) is 5.11 Å². The third kappa shape index (κ3) is 3.17. The van der Waals surface area contributed by atoms with Gasteiger partial charge >= 0.3 is 0 Å². The molecule has 0 aliphatic carbocycles. The van der Waals surface area contributed by atoms with Gasteiger partial charge in [0.15, 0.2) is 11.5 Å². The van der Waals surface area contributed by atoms with E-state index in [-0.39, 0.29) is 0 Å². The lowest BCUT2D eigenvalue weighted by atomic mass is 10.0. The molecule has 0 amide bonds. The molecule has 0 fully saturated rings. The summed E-state index contributed by atoms with van der Waals surface area (Å²) in [5.41, 5.74) is 1.57. The first-order chi connectivity index (χ1) is 8.53. The van der Waals surface area contributed by atoms with Gasteiger partial charge in [0.05, 0.1) is 27.4 Å². The number of hydrogen-bond donors (Lipinski definition) is 1. The van der Waals surface area contributed by atoms with Gasteiger partial charge < -0.3 is 19.3 Å². The summed E-state index contributed by atoms with van der Waals surface area (Å²) >= 11 is 0. The Morgan fingerprint density at radius 3 is 2.06 bits per heavy atom. The molecule has 4 heteroatoms. The molecule has 0 aliphatic heterocycles. The Labute approximate surface area is 108 Å². The van der Waals surface area contributed by atoms with Crippen LogP contribution < -0.4 is 14.2 Å². The summed E-state index contributed by atoms with van der Waals surface area (Å²) in [5.74, 6) is 1.70. The molecule has 0 bridgehead atoms. The molecule has 0 saturated carbocycles. The van der Waals surface area contributed by atoms with Gasteiger partial charge in [-0.05, 0) is 19.4 Å². The van der Waals surface area contributed by atoms with E-state index in [0.717, 1.165) is 5.57 Å². The fraction of sp³-hybridized carbons (Fsp3) is 0.429. The Hall–Kier alpha value is -1.68. The maximum atomic E-state index is 10.1. The Balaban J connectivity index is 3.20. The zero-order valence-corrected chi connectivity index (χ0v) is 11.3. The normalized spacial score (nSPS) is 11.8. The third-order valence-electron chi connectivity index (χ3n) is 2.64. The summed E-state index contributed by atoms with van der Waals surface area (Å²) in [7, 11) is 4.67. The zero-order chi connectivity index (χ0) is 13.7. The number of methoxy groups -OCH3 is 3. The van der Waals surface area contributed by atoms with Crippen molar-refractivity contribution >= 4 is 0 Å². The minimum atomic E-state index is -0.669. The smallest absolute Gasteiger partial charge is 0.164 e. The maximum Gasteiger partial charge on any atom is 0.164 e. The van der Waals surface area contributed by atoms with Crippen molar-refractivity contribution in [2.45, 2.75) is 19.4 Å². The monoisotopic (exact) mass is 252 g/mol. The molecule has 1 rings (SSSR count). The maximum absolute atomic E-state index is 10.1. The van der Waals surface area contributed by atoms with Crippen molar-refractivity contribution in [2.75, 3.05) is 21.3 Å². The molecule has 1 aromatic rings. The lowest BCUT2D eigenvalue weighted by Gasteiger charge is -2.18. The summed E-state index contributed by atoms with van der Waals surface area (Å²) in [5, 5.41) is 10.1. The molecule has 0 radical (unpaired) electrons. The molecule has 1 atom stereocenters. The quantitative estimate of drug-likeness (QED) is 0.791. The summed E-state index contributed by atoms with van der Waals surface area (Å²) in [6.07, 6.45) is -0.191. The molecule has 0 saturated heterocycles. The van der Waals surface area contributed by atoms with Crippen LogP contribution in [0.15, 0.2) is 24.3 Å². The second-order valence-corrected chi connectivity index (χ2v) is 4.13. The van der Waals surface area contributed by atoms with E-state index >= 15 is 0 Å². The van der Waals surface area contributed by atoms with E-state index in [0.29, 0.717) is 29.2 Å². The zero-order valence-electron chi connectivity index (χ0n) is 11.3. The van der Waals surface area contributed by atoms with Crippen LogP contribution in [-0.4, -0.2) is 26.4 Å². The van der Waals surface area contributed by atoms with Gasteiger partial charge in [0.2, 0.25) is 0 Å². The van der Waals surface area contributed by atoms with Crippen molar-refractivity contribution in [1.29, 1.82) is 0 Å². The summed E-state index contributed by atoms with van der Waals surface area (Å²) in [4.78, 5) is 0. The first kappa shape index (κ1) is 14.4.